The van der Waals surface area contributed by atoms with Gasteiger partial charge in [0.05, 0.1) is 4.47 Å². The fraction of sp³-hybridized carbons (Fsp3) is 0.462. The van der Waals surface area contributed by atoms with Crippen molar-refractivity contribution in [2.24, 2.45) is 0 Å². The highest BCUT2D eigenvalue weighted by atomic mass is 79.9. The van der Waals surface area contributed by atoms with Gasteiger partial charge in [-0.3, -0.25) is 4.79 Å². The maximum absolute atomic E-state index is 10.4. The summed E-state index contributed by atoms with van der Waals surface area (Å²) in [7, 11) is 1.95. The van der Waals surface area contributed by atoms with Crippen molar-refractivity contribution in [3.05, 3.63) is 27.7 Å². The molecule has 19 heavy (non-hydrogen) atoms. The van der Waals surface area contributed by atoms with E-state index in [0.717, 1.165) is 23.3 Å². The molecule has 0 aliphatic rings. The number of benzene rings is 1. The first-order chi connectivity index (χ1) is 8.99. The lowest BCUT2D eigenvalue weighted by molar-refractivity contribution is -0.137. The Kier molecular flexibility index (Phi) is 7.20. The lowest BCUT2D eigenvalue weighted by atomic mass is 10.3. The highest BCUT2D eigenvalue weighted by molar-refractivity contribution is 9.10. The molecule has 4 nitrogen and oxygen atoms in total. The lowest BCUT2D eigenvalue weighted by Gasteiger charge is -2.16. The molecule has 0 unspecified atom stereocenters. The molecule has 6 heteroatoms. The predicted octanol–water partition coefficient (Wildman–Crippen LogP) is 3.28. The minimum atomic E-state index is -0.755. The molecule has 1 N–H and O–H groups in total. The summed E-state index contributed by atoms with van der Waals surface area (Å²) in [5.41, 5.74) is 0. The van der Waals surface area contributed by atoms with Gasteiger partial charge in [-0.25, -0.2) is 0 Å². The van der Waals surface area contributed by atoms with E-state index in [1.54, 1.807) is 12.1 Å². The molecule has 1 rings (SSSR count). The summed E-state index contributed by atoms with van der Waals surface area (Å²) in [6.07, 6.45) is 0.852. The molecule has 0 aliphatic carbocycles. The van der Waals surface area contributed by atoms with Crippen molar-refractivity contribution in [1.29, 1.82) is 0 Å². The Morgan fingerprint density at radius 2 is 2.21 bits per heavy atom. The first-order valence-electron chi connectivity index (χ1n) is 5.97. The van der Waals surface area contributed by atoms with E-state index < -0.39 is 5.97 Å². The summed E-state index contributed by atoms with van der Waals surface area (Å²) in [5.74, 6) is -0.00178. The van der Waals surface area contributed by atoms with Crippen LogP contribution in [0.25, 0.3) is 0 Å². The third-order valence-corrected chi connectivity index (χ3v) is 3.41. The quantitative estimate of drug-likeness (QED) is 0.782. The number of ether oxygens (including phenoxy) is 1. The molecule has 0 saturated carbocycles. The Morgan fingerprint density at radius 3 is 2.84 bits per heavy atom. The van der Waals surface area contributed by atoms with Gasteiger partial charge in [0.25, 0.3) is 0 Å². The number of carbonyl (C=O) groups is 1. The molecule has 0 saturated heterocycles. The molecule has 0 fully saturated rings. The van der Waals surface area contributed by atoms with Crippen molar-refractivity contribution < 1.29 is 14.6 Å². The van der Waals surface area contributed by atoms with Crippen LogP contribution in [-0.2, 0) is 4.79 Å². The maximum atomic E-state index is 10.4. The smallest absolute Gasteiger partial charge is 0.303 e. The van der Waals surface area contributed by atoms with Gasteiger partial charge in [-0.15, -0.1) is 0 Å². The average molecular weight is 351 g/mol. The van der Waals surface area contributed by atoms with E-state index in [0.29, 0.717) is 18.1 Å². The summed E-state index contributed by atoms with van der Waals surface area (Å²) < 4.78 is 6.45. The van der Waals surface area contributed by atoms with Crippen molar-refractivity contribution in [2.45, 2.75) is 12.8 Å². The van der Waals surface area contributed by atoms with E-state index in [9.17, 15) is 4.79 Å². The highest BCUT2D eigenvalue weighted by Crippen LogP contribution is 2.27. The van der Waals surface area contributed by atoms with Gasteiger partial charge in [0.2, 0.25) is 0 Å². The second-order valence-electron chi connectivity index (χ2n) is 4.22. The van der Waals surface area contributed by atoms with Crippen LogP contribution in [0, 0.1) is 0 Å². The SMILES string of the molecule is CN(CCCC(=O)O)CCOc1ccc(Cl)cc1Br. The first kappa shape index (κ1) is 16.3. The number of likely N-dealkylation sites (N-methyl/N-ethyl adjacent to an activating group) is 1. The van der Waals surface area contributed by atoms with Crippen LogP contribution in [0.3, 0.4) is 0 Å². The molecule has 0 amide bonds. The zero-order chi connectivity index (χ0) is 14.3. The third kappa shape index (κ3) is 6.80. The topological polar surface area (TPSA) is 49.8 Å². The van der Waals surface area contributed by atoms with Crippen molar-refractivity contribution >= 4 is 33.5 Å². The molecule has 1 aromatic carbocycles. The molecule has 0 atom stereocenters. The monoisotopic (exact) mass is 349 g/mol. The van der Waals surface area contributed by atoms with Gasteiger partial charge in [-0.1, -0.05) is 11.6 Å². The fourth-order valence-electron chi connectivity index (χ4n) is 1.52. The lowest BCUT2D eigenvalue weighted by Crippen LogP contribution is -2.25. The second kappa shape index (κ2) is 8.40. The van der Waals surface area contributed by atoms with Gasteiger partial charge in [0.1, 0.15) is 12.4 Å². The Morgan fingerprint density at radius 1 is 1.47 bits per heavy atom. The molecular weight excluding hydrogens is 334 g/mol. The van der Waals surface area contributed by atoms with Gasteiger partial charge in [-0.05, 0) is 54.1 Å². The Balaban J connectivity index is 2.24. The molecule has 0 aliphatic heterocycles. The van der Waals surface area contributed by atoms with Gasteiger partial charge in [0.15, 0.2) is 0 Å². The molecular formula is C13H17BrClNO3. The normalized spacial score (nSPS) is 10.7. The third-order valence-electron chi connectivity index (χ3n) is 2.55. The minimum absolute atomic E-state index is 0.202. The van der Waals surface area contributed by atoms with Crippen LogP contribution in [0.15, 0.2) is 22.7 Å². The summed E-state index contributed by atoms with van der Waals surface area (Å²) >= 11 is 9.23. The summed E-state index contributed by atoms with van der Waals surface area (Å²) in [5, 5.41) is 9.20. The molecule has 1 aromatic rings. The van der Waals surface area contributed by atoms with E-state index in [1.165, 1.54) is 0 Å². The van der Waals surface area contributed by atoms with Crippen molar-refractivity contribution in [1.82, 2.24) is 4.90 Å². The van der Waals surface area contributed by atoms with Crippen LogP contribution in [-0.4, -0.2) is 42.7 Å². The summed E-state index contributed by atoms with van der Waals surface area (Å²) in [6.45, 7) is 2.04. The Bertz CT molecular complexity index is 428. The minimum Gasteiger partial charge on any atom is -0.491 e. The van der Waals surface area contributed by atoms with Crippen molar-refractivity contribution in [3.8, 4) is 5.75 Å². The predicted molar refractivity (Wildman–Crippen MR) is 79.0 cm³/mol. The fourth-order valence-corrected chi connectivity index (χ4v) is 2.31. The average Bonchev–Trinajstić information content (AvgIpc) is 2.31. The van der Waals surface area contributed by atoms with Crippen LogP contribution in [0.1, 0.15) is 12.8 Å². The summed E-state index contributed by atoms with van der Waals surface area (Å²) in [6, 6.07) is 5.38. The van der Waals surface area contributed by atoms with Gasteiger partial charge in [0, 0.05) is 18.0 Å². The Labute approximate surface area is 126 Å². The van der Waals surface area contributed by atoms with E-state index in [4.69, 9.17) is 21.4 Å². The van der Waals surface area contributed by atoms with E-state index in [1.807, 2.05) is 18.0 Å². The molecule has 0 bridgehead atoms. The van der Waals surface area contributed by atoms with E-state index in [-0.39, 0.29) is 6.42 Å². The zero-order valence-corrected chi connectivity index (χ0v) is 13.1. The maximum Gasteiger partial charge on any atom is 0.303 e. The number of rotatable bonds is 8. The molecule has 0 radical (unpaired) electrons. The van der Waals surface area contributed by atoms with Crippen molar-refractivity contribution in [2.75, 3.05) is 26.7 Å². The van der Waals surface area contributed by atoms with Crippen LogP contribution in [0.4, 0.5) is 0 Å². The molecule has 0 heterocycles. The van der Waals surface area contributed by atoms with Crippen LogP contribution >= 0.6 is 27.5 Å². The number of hydrogen-bond acceptors (Lipinski definition) is 3. The standard InChI is InChI=1S/C13H17BrClNO3/c1-16(6-2-3-13(17)18)7-8-19-12-5-4-10(15)9-11(12)14/h4-5,9H,2-3,6-8H2,1H3,(H,17,18). The van der Waals surface area contributed by atoms with Crippen LogP contribution in [0.2, 0.25) is 5.02 Å². The molecule has 0 aromatic heterocycles. The highest BCUT2D eigenvalue weighted by Gasteiger charge is 2.04. The van der Waals surface area contributed by atoms with E-state index in [2.05, 4.69) is 15.9 Å². The van der Waals surface area contributed by atoms with Crippen LogP contribution < -0.4 is 4.74 Å². The number of hydrogen-bond donors (Lipinski definition) is 1. The molecule has 0 spiro atoms. The number of nitrogens with zero attached hydrogens (tertiary/aromatic N) is 1. The number of aliphatic carboxylic acids is 1. The van der Waals surface area contributed by atoms with Gasteiger partial charge >= 0.3 is 5.97 Å². The number of carboxylic acid groups (broad SMARTS) is 1. The second-order valence-corrected chi connectivity index (χ2v) is 5.51. The zero-order valence-electron chi connectivity index (χ0n) is 10.7. The summed E-state index contributed by atoms with van der Waals surface area (Å²) in [4.78, 5) is 12.4. The van der Waals surface area contributed by atoms with Gasteiger partial charge < -0.3 is 14.7 Å². The van der Waals surface area contributed by atoms with Crippen LogP contribution in [0.5, 0.6) is 5.75 Å². The van der Waals surface area contributed by atoms with E-state index >= 15 is 0 Å². The number of carboxylic acids is 1. The molecule has 106 valence electrons. The Hall–Kier alpha value is -0.780. The van der Waals surface area contributed by atoms with Crippen molar-refractivity contribution in [3.63, 3.8) is 0 Å². The number of halogens is 2. The van der Waals surface area contributed by atoms with Gasteiger partial charge in [-0.2, -0.15) is 0 Å². The first-order valence-corrected chi connectivity index (χ1v) is 7.14. The largest absolute Gasteiger partial charge is 0.491 e.